The fourth-order valence-corrected chi connectivity index (χ4v) is 3.46. The lowest BCUT2D eigenvalue weighted by Crippen LogP contribution is -2.26. The average molecular weight is 312 g/mol. The predicted molar refractivity (Wildman–Crippen MR) is 87.3 cm³/mol. The number of ether oxygens (including phenoxy) is 1. The smallest absolute Gasteiger partial charge is 0.263 e. The van der Waals surface area contributed by atoms with E-state index in [1.165, 1.54) is 11.3 Å². The van der Waals surface area contributed by atoms with Gasteiger partial charge < -0.3 is 26.4 Å². The maximum Gasteiger partial charge on any atom is 0.263 e. The molecule has 0 radical (unpaired) electrons. The number of hydrogen-bond acceptors (Lipinski definition) is 6. The minimum Gasteiger partial charge on any atom is -0.486 e. The maximum atomic E-state index is 12.1. The first kappa shape index (κ1) is 15.9. The molecule has 0 saturated carbocycles. The lowest BCUT2D eigenvalue weighted by Gasteiger charge is -2.19. The van der Waals surface area contributed by atoms with Crippen LogP contribution in [0.3, 0.4) is 0 Å². The highest BCUT2D eigenvalue weighted by Gasteiger charge is 2.29. The van der Waals surface area contributed by atoms with E-state index in [0.29, 0.717) is 22.9 Å². The summed E-state index contributed by atoms with van der Waals surface area (Å²) in [7, 11) is 0. The standard InChI is InChI=1S/C14H24N4O2S/c1-4-17-13(19)12-10(16)11(20-8(2)3)14(21-12)18-6-5-9(15)7-18/h8-9H,4-7,15-16H2,1-3H3,(H,17,19). The first-order valence-electron chi connectivity index (χ1n) is 7.31. The van der Waals surface area contributed by atoms with Gasteiger partial charge in [0.05, 0.1) is 6.10 Å². The minimum absolute atomic E-state index is 0.000914. The van der Waals surface area contributed by atoms with Crippen LogP contribution in [0.25, 0.3) is 0 Å². The highest BCUT2D eigenvalue weighted by Crippen LogP contribution is 2.46. The van der Waals surface area contributed by atoms with Crippen LogP contribution in [0.1, 0.15) is 36.9 Å². The van der Waals surface area contributed by atoms with Crippen LogP contribution in [0, 0.1) is 0 Å². The second-order valence-corrected chi connectivity index (χ2v) is 6.50. The largest absolute Gasteiger partial charge is 0.486 e. The molecule has 1 aromatic heterocycles. The van der Waals surface area contributed by atoms with E-state index in [9.17, 15) is 4.79 Å². The summed E-state index contributed by atoms with van der Waals surface area (Å²) in [5.74, 6) is 0.466. The number of carbonyl (C=O) groups excluding carboxylic acids is 1. The number of thiophene rings is 1. The Morgan fingerprint density at radius 3 is 2.81 bits per heavy atom. The van der Waals surface area contributed by atoms with Crippen LogP contribution in [-0.2, 0) is 0 Å². The Bertz CT molecular complexity index is 515. The highest BCUT2D eigenvalue weighted by molar-refractivity contribution is 7.19. The van der Waals surface area contributed by atoms with Gasteiger partial charge in [-0.1, -0.05) is 0 Å². The fourth-order valence-electron chi connectivity index (χ4n) is 2.36. The average Bonchev–Trinajstić information content (AvgIpc) is 2.95. The van der Waals surface area contributed by atoms with Gasteiger partial charge in [-0.25, -0.2) is 0 Å². The molecule has 118 valence electrons. The quantitative estimate of drug-likeness (QED) is 0.764. The molecule has 0 bridgehead atoms. The van der Waals surface area contributed by atoms with Crippen molar-refractivity contribution in [3.63, 3.8) is 0 Å². The van der Waals surface area contributed by atoms with Gasteiger partial charge in [-0.3, -0.25) is 4.79 Å². The van der Waals surface area contributed by atoms with Crippen molar-refractivity contribution in [2.75, 3.05) is 30.3 Å². The summed E-state index contributed by atoms with van der Waals surface area (Å²) in [6.45, 7) is 7.98. The Balaban J connectivity index is 2.37. The maximum absolute atomic E-state index is 12.1. The number of rotatable bonds is 5. The van der Waals surface area contributed by atoms with Crippen molar-refractivity contribution in [2.24, 2.45) is 5.73 Å². The van der Waals surface area contributed by atoms with E-state index in [2.05, 4.69) is 10.2 Å². The summed E-state index contributed by atoms with van der Waals surface area (Å²) in [6, 6.07) is 0.160. The van der Waals surface area contributed by atoms with Gasteiger partial charge in [0.25, 0.3) is 5.91 Å². The lowest BCUT2D eigenvalue weighted by atomic mass is 10.3. The Labute approximate surface area is 129 Å². The number of carbonyl (C=O) groups is 1. The third kappa shape index (κ3) is 3.41. The normalized spacial score (nSPS) is 18.3. The van der Waals surface area contributed by atoms with E-state index >= 15 is 0 Å². The van der Waals surface area contributed by atoms with Crippen molar-refractivity contribution in [3.05, 3.63) is 4.88 Å². The van der Waals surface area contributed by atoms with Gasteiger partial charge in [0.15, 0.2) is 5.75 Å². The van der Waals surface area contributed by atoms with Crippen LogP contribution in [0.4, 0.5) is 10.7 Å². The Morgan fingerprint density at radius 2 is 2.29 bits per heavy atom. The van der Waals surface area contributed by atoms with Crippen LogP contribution in [0.15, 0.2) is 0 Å². The molecule has 7 heteroatoms. The van der Waals surface area contributed by atoms with E-state index in [1.807, 2.05) is 20.8 Å². The third-order valence-corrected chi connectivity index (χ3v) is 4.54. The number of nitrogens with zero attached hydrogens (tertiary/aromatic N) is 1. The number of anilines is 2. The third-order valence-electron chi connectivity index (χ3n) is 3.29. The molecule has 0 aromatic carbocycles. The monoisotopic (exact) mass is 312 g/mol. The van der Waals surface area contributed by atoms with Crippen LogP contribution in [0.5, 0.6) is 5.75 Å². The van der Waals surface area contributed by atoms with Crippen molar-refractivity contribution in [3.8, 4) is 5.75 Å². The first-order valence-corrected chi connectivity index (χ1v) is 8.13. The number of nitrogens with two attached hydrogens (primary N) is 2. The second kappa shape index (κ2) is 6.53. The molecule has 6 nitrogen and oxygen atoms in total. The molecule has 1 aliphatic heterocycles. The molecule has 2 rings (SSSR count). The minimum atomic E-state index is -0.150. The van der Waals surface area contributed by atoms with Crippen molar-refractivity contribution < 1.29 is 9.53 Å². The predicted octanol–water partition coefficient (Wildman–Crippen LogP) is 1.40. The second-order valence-electron chi connectivity index (χ2n) is 5.50. The van der Waals surface area contributed by atoms with Gasteiger partial charge in [0, 0.05) is 25.7 Å². The molecule has 21 heavy (non-hydrogen) atoms. The molecule has 1 unspecified atom stereocenters. The summed E-state index contributed by atoms with van der Waals surface area (Å²) >= 11 is 1.38. The molecule has 1 amide bonds. The van der Waals surface area contributed by atoms with E-state index in [1.54, 1.807) is 0 Å². The van der Waals surface area contributed by atoms with Crippen molar-refractivity contribution in [1.82, 2.24) is 5.32 Å². The van der Waals surface area contributed by atoms with Crippen molar-refractivity contribution >= 4 is 27.9 Å². The molecule has 2 heterocycles. The van der Waals surface area contributed by atoms with Gasteiger partial charge in [0.2, 0.25) is 0 Å². The molecule has 1 fully saturated rings. The summed E-state index contributed by atoms with van der Waals surface area (Å²) in [4.78, 5) is 14.8. The molecule has 1 aromatic rings. The molecular formula is C14H24N4O2S. The Kier molecular flexibility index (Phi) is 4.95. The summed E-state index contributed by atoms with van der Waals surface area (Å²) < 4.78 is 5.86. The van der Waals surface area contributed by atoms with Crippen molar-refractivity contribution in [1.29, 1.82) is 0 Å². The lowest BCUT2D eigenvalue weighted by molar-refractivity contribution is 0.0960. The number of hydrogen-bond donors (Lipinski definition) is 3. The van der Waals surface area contributed by atoms with Crippen LogP contribution in [-0.4, -0.2) is 37.7 Å². The summed E-state index contributed by atoms with van der Waals surface area (Å²) in [6.07, 6.45) is 0.939. The van der Waals surface area contributed by atoms with Gasteiger partial charge in [-0.05, 0) is 27.2 Å². The van der Waals surface area contributed by atoms with Crippen LogP contribution >= 0.6 is 11.3 Å². The molecule has 1 aliphatic rings. The van der Waals surface area contributed by atoms with Gasteiger partial charge in [-0.2, -0.15) is 0 Å². The number of nitrogens with one attached hydrogen (secondary N) is 1. The van der Waals surface area contributed by atoms with Crippen LogP contribution in [0.2, 0.25) is 0 Å². The highest BCUT2D eigenvalue weighted by atomic mass is 32.1. The fraction of sp³-hybridized carbons (Fsp3) is 0.643. The summed E-state index contributed by atoms with van der Waals surface area (Å²) in [5.41, 5.74) is 12.6. The zero-order valence-electron chi connectivity index (χ0n) is 12.8. The Hall–Kier alpha value is -1.47. The zero-order chi connectivity index (χ0) is 15.6. The first-order chi connectivity index (χ1) is 9.93. The van der Waals surface area contributed by atoms with E-state index in [4.69, 9.17) is 16.2 Å². The van der Waals surface area contributed by atoms with Gasteiger partial charge in [-0.15, -0.1) is 11.3 Å². The number of nitrogen functional groups attached to an aromatic ring is 1. The molecular weight excluding hydrogens is 288 g/mol. The summed E-state index contributed by atoms with van der Waals surface area (Å²) in [5, 5.41) is 3.70. The van der Waals surface area contributed by atoms with Crippen molar-refractivity contribution in [2.45, 2.75) is 39.3 Å². The number of amides is 1. The van der Waals surface area contributed by atoms with Gasteiger partial charge in [0.1, 0.15) is 15.6 Å². The molecule has 1 saturated heterocycles. The van der Waals surface area contributed by atoms with Gasteiger partial charge >= 0.3 is 0 Å². The van der Waals surface area contributed by atoms with E-state index in [0.717, 1.165) is 24.5 Å². The molecule has 1 atom stereocenters. The van der Waals surface area contributed by atoms with E-state index in [-0.39, 0.29) is 18.1 Å². The van der Waals surface area contributed by atoms with Crippen LogP contribution < -0.4 is 26.4 Å². The SMILES string of the molecule is CCNC(=O)c1sc(N2CCC(N)C2)c(OC(C)C)c1N. The Morgan fingerprint density at radius 1 is 1.57 bits per heavy atom. The molecule has 0 spiro atoms. The zero-order valence-corrected chi connectivity index (χ0v) is 13.6. The topological polar surface area (TPSA) is 93.6 Å². The van der Waals surface area contributed by atoms with E-state index < -0.39 is 0 Å². The molecule has 5 N–H and O–H groups in total. The molecule has 0 aliphatic carbocycles.